The van der Waals surface area contributed by atoms with Crippen LogP contribution in [0.3, 0.4) is 0 Å². The molecular formula is C17H14ClN3O3S. The van der Waals surface area contributed by atoms with Gasteiger partial charge in [-0.1, -0.05) is 23.4 Å². The van der Waals surface area contributed by atoms with Crippen molar-refractivity contribution in [1.29, 1.82) is 0 Å². The van der Waals surface area contributed by atoms with E-state index in [1.165, 1.54) is 35.7 Å². The second-order valence-corrected chi connectivity index (χ2v) is 6.44. The average Bonchev–Trinajstić information content (AvgIpc) is 2.64. The molecule has 25 heavy (non-hydrogen) atoms. The first-order valence-electron chi connectivity index (χ1n) is 7.27. The first kappa shape index (κ1) is 17.4. The number of aromatic nitrogens is 3. The van der Waals surface area contributed by atoms with E-state index < -0.39 is 5.97 Å². The molecule has 0 atom stereocenters. The molecule has 0 aliphatic carbocycles. The number of thioether (sulfide) groups is 1. The van der Waals surface area contributed by atoms with Crippen LogP contribution in [0.2, 0.25) is 5.02 Å². The van der Waals surface area contributed by atoms with Crippen LogP contribution in [0.15, 0.2) is 40.5 Å². The standard InChI is InChI=1S/C17H14ClN3O3S/c1-9-8-21(13-6-10(16(23)24-2)4-5-12(13)18)15(22)11-7-19-17(25-3)20-14(9)11/h4-8H,1-3H3. The van der Waals surface area contributed by atoms with Gasteiger partial charge >= 0.3 is 5.97 Å². The molecule has 8 heteroatoms. The second-order valence-electron chi connectivity index (χ2n) is 5.26. The van der Waals surface area contributed by atoms with Crippen LogP contribution >= 0.6 is 23.4 Å². The number of carbonyl (C=O) groups is 1. The number of benzene rings is 1. The van der Waals surface area contributed by atoms with Crippen molar-refractivity contribution >= 4 is 40.2 Å². The van der Waals surface area contributed by atoms with Crippen molar-refractivity contribution < 1.29 is 9.53 Å². The summed E-state index contributed by atoms with van der Waals surface area (Å²) >= 11 is 7.66. The molecule has 0 amide bonds. The molecule has 0 spiro atoms. The number of esters is 1. The second kappa shape index (κ2) is 6.85. The summed E-state index contributed by atoms with van der Waals surface area (Å²) in [6.07, 6.45) is 5.04. The van der Waals surface area contributed by atoms with Gasteiger partial charge in [0.25, 0.3) is 5.56 Å². The fourth-order valence-electron chi connectivity index (χ4n) is 2.49. The van der Waals surface area contributed by atoms with Crippen LogP contribution in [-0.4, -0.2) is 33.9 Å². The first-order valence-corrected chi connectivity index (χ1v) is 8.87. The highest BCUT2D eigenvalue weighted by molar-refractivity contribution is 7.98. The zero-order valence-corrected chi connectivity index (χ0v) is 15.3. The molecule has 0 saturated heterocycles. The summed E-state index contributed by atoms with van der Waals surface area (Å²) in [5.74, 6) is -0.503. The van der Waals surface area contributed by atoms with Gasteiger partial charge in [0, 0.05) is 12.4 Å². The van der Waals surface area contributed by atoms with Crippen molar-refractivity contribution in [3.63, 3.8) is 0 Å². The summed E-state index contributed by atoms with van der Waals surface area (Å²) in [6.45, 7) is 1.85. The number of methoxy groups -OCH3 is 1. The molecule has 0 aliphatic heterocycles. The van der Waals surface area contributed by atoms with Crippen LogP contribution in [0.25, 0.3) is 16.6 Å². The van der Waals surface area contributed by atoms with Crippen LogP contribution in [0.4, 0.5) is 0 Å². The molecule has 3 rings (SSSR count). The maximum Gasteiger partial charge on any atom is 0.337 e. The minimum atomic E-state index is -0.503. The van der Waals surface area contributed by atoms with E-state index in [1.54, 1.807) is 18.3 Å². The lowest BCUT2D eigenvalue weighted by Crippen LogP contribution is -2.20. The smallest absolute Gasteiger partial charge is 0.337 e. The van der Waals surface area contributed by atoms with Gasteiger partial charge in [-0.3, -0.25) is 9.36 Å². The molecule has 2 aromatic heterocycles. The van der Waals surface area contributed by atoms with Crippen LogP contribution in [-0.2, 0) is 4.74 Å². The number of fused-ring (bicyclic) bond motifs is 1. The Kier molecular flexibility index (Phi) is 4.78. The van der Waals surface area contributed by atoms with E-state index in [-0.39, 0.29) is 5.56 Å². The summed E-state index contributed by atoms with van der Waals surface area (Å²) < 4.78 is 6.12. The Morgan fingerprint density at radius 3 is 2.80 bits per heavy atom. The molecule has 0 radical (unpaired) electrons. The number of rotatable bonds is 3. The Bertz CT molecular complexity index is 1050. The van der Waals surface area contributed by atoms with Gasteiger partial charge in [0.15, 0.2) is 5.16 Å². The summed E-state index contributed by atoms with van der Waals surface area (Å²) in [5, 5.41) is 1.32. The van der Waals surface area contributed by atoms with Crippen molar-refractivity contribution in [2.75, 3.05) is 13.4 Å². The van der Waals surface area contributed by atoms with E-state index in [2.05, 4.69) is 9.97 Å². The fraction of sp³-hybridized carbons (Fsp3) is 0.176. The largest absolute Gasteiger partial charge is 0.465 e. The number of halogens is 1. The number of aryl methyl sites for hydroxylation is 1. The van der Waals surface area contributed by atoms with Crippen LogP contribution in [0, 0.1) is 6.92 Å². The third-order valence-electron chi connectivity index (χ3n) is 3.72. The van der Waals surface area contributed by atoms with E-state index in [1.807, 2.05) is 13.2 Å². The van der Waals surface area contributed by atoms with Crippen LogP contribution in [0.1, 0.15) is 15.9 Å². The average molecular weight is 376 g/mol. The summed E-state index contributed by atoms with van der Waals surface area (Å²) in [4.78, 5) is 33.2. The Labute approximate surface area is 152 Å². The highest BCUT2D eigenvalue weighted by atomic mass is 35.5. The minimum Gasteiger partial charge on any atom is -0.465 e. The fourth-order valence-corrected chi connectivity index (χ4v) is 3.03. The highest BCUT2D eigenvalue weighted by Crippen LogP contribution is 2.23. The number of ether oxygens (including phenoxy) is 1. The van der Waals surface area contributed by atoms with Gasteiger partial charge in [-0.25, -0.2) is 14.8 Å². The number of hydrogen-bond acceptors (Lipinski definition) is 6. The molecule has 0 unspecified atom stereocenters. The predicted molar refractivity (Wildman–Crippen MR) is 98.0 cm³/mol. The molecule has 2 heterocycles. The van der Waals surface area contributed by atoms with Crippen molar-refractivity contribution in [2.45, 2.75) is 12.1 Å². The van der Waals surface area contributed by atoms with Crippen molar-refractivity contribution in [1.82, 2.24) is 14.5 Å². The molecule has 0 fully saturated rings. The van der Waals surface area contributed by atoms with Gasteiger partial charge in [-0.15, -0.1) is 0 Å². The summed E-state index contributed by atoms with van der Waals surface area (Å²) in [6, 6.07) is 4.63. The molecule has 0 bridgehead atoms. The number of hydrogen-bond donors (Lipinski definition) is 0. The number of pyridine rings is 1. The van der Waals surface area contributed by atoms with Crippen LogP contribution in [0.5, 0.6) is 0 Å². The molecule has 6 nitrogen and oxygen atoms in total. The summed E-state index contributed by atoms with van der Waals surface area (Å²) in [5.41, 5.74) is 1.79. The molecule has 1 aromatic carbocycles. The van der Waals surface area contributed by atoms with Gasteiger partial charge < -0.3 is 4.74 Å². The first-order chi connectivity index (χ1) is 12.0. The van der Waals surface area contributed by atoms with E-state index in [4.69, 9.17) is 16.3 Å². The maximum absolute atomic E-state index is 12.9. The van der Waals surface area contributed by atoms with Gasteiger partial charge in [0.1, 0.15) is 0 Å². The zero-order valence-electron chi connectivity index (χ0n) is 13.7. The molecule has 0 N–H and O–H groups in total. The third kappa shape index (κ3) is 3.12. The van der Waals surface area contributed by atoms with Gasteiger partial charge in [-0.05, 0) is 36.9 Å². The Morgan fingerprint density at radius 1 is 1.36 bits per heavy atom. The normalized spacial score (nSPS) is 10.9. The van der Waals surface area contributed by atoms with Crippen LogP contribution < -0.4 is 5.56 Å². The SMILES string of the molecule is COC(=O)c1ccc(Cl)c(-n2cc(C)c3nc(SC)ncc3c2=O)c1. The third-order valence-corrected chi connectivity index (χ3v) is 4.60. The Morgan fingerprint density at radius 2 is 2.12 bits per heavy atom. The molecule has 0 saturated carbocycles. The van der Waals surface area contributed by atoms with Gasteiger partial charge in [-0.2, -0.15) is 0 Å². The maximum atomic E-state index is 12.9. The lowest BCUT2D eigenvalue weighted by Gasteiger charge is -2.12. The molecule has 128 valence electrons. The van der Waals surface area contributed by atoms with Crippen molar-refractivity contribution in [3.8, 4) is 5.69 Å². The lowest BCUT2D eigenvalue weighted by molar-refractivity contribution is 0.0600. The summed E-state index contributed by atoms with van der Waals surface area (Å²) in [7, 11) is 1.30. The van der Waals surface area contributed by atoms with Crippen molar-refractivity contribution in [2.24, 2.45) is 0 Å². The van der Waals surface area contributed by atoms with E-state index >= 15 is 0 Å². The zero-order chi connectivity index (χ0) is 18.1. The van der Waals surface area contributed by atoms with E-state index in [9.17, 15) is 9.59 Å². The van der Waals surface area contributed by atoms with Gasteiger partial charge in [0.2, 0.25) is 0 Å². The predicted octanol–water partition coefficient (Wildman–Crippen LogP) is 3.25. The molecule has 3 aromatic rings. The molecule has 0 aliphatic rings. The van der Waals surface area contributed by atoms with Gasteiger partial charge in [0.05, 0.1) is 34.3 Å². The minimum absolute atomic E-state index is 0.306. The van der Waals surface area contributed by atoms with Crippen molar-refractivity contribution in [3.05, 3.63) is 57.1 Å². The lowest BCUT2D eigenvalue weighted by atomic mass is 10.1. The Hall–Kier alpha value is -2.38. The quantitative estimate of drug-likeness (QED) is 0.397. The monoisotopic (exact) mass is 375 g/mol. The Balaban J connectivity index is 2.28. The van der Waals surface area contributed by atoms with E-state index in [0.29, 0.717) is 32.3 Å². The highest BCUT2D eigenvalue weighted by Gasteiger charge is 2.15. The van der Waals surface area contributed by atoms with E-state index in [0.717, 1.165) is 5.56 Å². The number of carbonyl (C=O) groups excluding carboxylic acids is 1. The topological polar surface area (TPSA) is 74.1 Å². The molecular weight excluding hydrogens is 362 g/mol. The number of nitrogens with zero attached hydrogens (tertiary/aromatic N) is 3.